The Bertz CT molecular complexity index is 619. The van der Waals surface area contributed by atoms with Crippen LogP contribution >= 0.6 is 0 Å². The normalized spacial score (nSPS) is 19.8. The van der Waals surface area contributed by atoms with Gasteiger partial charge in [0.25, 0.3) is 0 Å². The number of benzene rings is 1. The maximum Gasteiger partial charge on any atom is 0.313 e. The molecular formula is C22H32O5. The SMILES string of the molecule is CCC(C)(CC(C)(C)C(=O)OC1CCCCO1)C(=O)OCc1ccccc1. The molecule has 0 aliphatic carbocycles. The third-order valence-electron chi connectivity index (χ3n) is 5.25. The molecule has 150 valence electrons. The first-order valence-electron chi connectivity index (χ1n) is 9.81. The van der Waals surface area contributed by atoms with Crippen molar-refractivity contribution in [3.8, 4) is 0 Å². The van der Waals surface area contributed by atoms with E-state index < -0.39 is 17.1 Å². The molecule has 1 heterocycles. The van der Waals surface area contributed by atoms with Gasteiger partial charge in [-0.15, -0.1) is 0 Å². The third kappa shape index (κ3) is 6.06. The van der Waals surface area contributed by atoms with Crippen molar-refractivity contribution in [3.05, 3.63) is 35.9 Å². The summed E-state index contributed by atoms with van der Waals surface area (Å²) >= 11 is 0. The van der Waals surface area contributed by atoms with E-state index in [-0.39, 0.29) is 18.5 Å². The molecule has 0 amide bonds. The Labute approximate surface area is 162 Å². The predicted octanol–water partition coefficient (Wildman–Crippen LogP) is 4.63. The van der Waals surface area contributed by atoms with Crippen LogP contribution in [0.15, 0.2) is 30.3 Å². The number of rotatable bonds is 8. The second-order valence-corrected chi connectivity index (χ2v) is 8.24. The summed E-state index contributed by atoms with van der Waals surface area (Å²) in [6.45, 7) is 8.28. The fourth-order valence-corrected chi connectivity index (χ4v) is 3.37. The standard InChI is InChI=1S/C22H32O5/c1-5-22(4,20(24)26-15-17-11-7-6-8-12-17)16-21(2,3)19(23)27-18-13-9-10-14-25-18/h6-8,11-12,18H,5,9-10,13-16H2,1-4H3. The Morgan fingerprint density at radius 1 is 1.11 bits per heavy atom. The van der Waals surface area contributed by atoms with E-state index in [4.69, 9.17) is 14.2 Å². The number of carbonyl (C=O) groups excluding carboxylic acids is 2. The van der Waals surface area contributed by atoms with Crippen molar-refractivity contribution in [2.24, 2.45) is 10.8 Å². The molecule has 27 heavy (non-hydrogen) atoms. The molecule has 0 radical (unpaired) electrons. The third-order valence-corrected chi connectivity index (χ3v) is 5.25. The van der Waals surface area contributed by atoms with Gasteiger partial charge in [-0.3, -0.25) is 9.59 Å². The van der Waals surface area contributed by atoms with Gasteiger partial charge < -0.3 is 14.2 Å². The molecular weight excluding hydrogens is 344 g/mol. The lowest BCUT2D eigenvalue weighted by Gasteiger charge is -2.35. The summed E-state index contributed by atoms with van der Waals surface area (Å²) in [6.07, 6.45) is 3.19. The average molecular weight is 376 g/mol. The van der Waals surface area contributed by atoms with E-state index in [0.29, 0.717) is 19.4 Å². The highest BCUT2D eigenvalue weighted by Gasteiger charge is 2.43. The van der Waals surface area contributed by atoms with E-state index in [1.807, 2.05) is 58.0 Å². The van der Waals surface area contributed by atoms with Gasteiger partial charge in [0, 0.05) is 6.42 Å². The molecule has 1 aliphatic heterocycles. The van der Waals surface area contributed by atoms with Crippen LogP contribution in [0.4, 0.5) is 0 Å². The van der Waals surface area contributed by atoms with Crippen molar-refractivity contribution in [1.82, 2.24) is 0 Å². The molecule has 2 atom stereocenters. The summed E-state index contributed by atoms with van der Waals surface area (Å²) < 4.78 is 16.6. The Morgan fingerprint density at radius 2 is 1.81 bits per heavy atom. The Hall–Kier alpha value is -1.88. The summed E-state index contributed by atoms with van der Waals surface area (Å²) in [7, 11) is 0. The van der Waals surface area contributed by atoms with Crippen LogP contribution in [0.2, 0.25) is 0 Å². The van der Waals surface area contributed by atoms with Crippen molar-refractivity contribution >= 4 is 11.9 Å². The Balaban J connectivity index is 1.96. The second-order valence-electron chi connectivity index (χ2n) is 8.24. The van der Waals surface area contributed by atoms with Crippen LogP contribution < -0.4 is 0 Å². The largest absolute Gasteiger partial charge is 0.460 e. The molecule has 0 aromatic heterocycles. The second kappa shape index (κ2) is 9.36. The topological polar surface area (TPSA) is 61.8 Å². The van der Waals surface area contributed by atoms with Crippen LogP contribution in [0.1, 0.15) is 65.4 Å². The van der Waals surface area contributed by atoms with Gasteiger partial charge in [-0.2, -0.15) is 0 Å². The smallest absolute Gasteiger partial charge is 0.313 e. The van der Waals surface area contributed by atoms with Gasteiger partial charge >= 0.3 is 11.9 Å². The van der Waals surface area contributed by atoms with Crippen molar-refractivity contribution in [2.45, 2.75) is 72.7 Å². The lowest BCUT2D eigenvalue weighted by Crippen LogP contribution is -2.40. The minimum absolute atomic E-state index is 0.232. The molecule has 1 aromatic rings. The van der Waals surface area contributed by atoms with E-state index in [0.717, 1.165) is 24.8 Å². The van der Waals surface area contributed by atoms with Gasteiger partial charge in [0.2, 0.25) is 6.29 Å². The average Bonchev–Trinajstić information content (AvgIpc) is 2.67. The molecule has 2 unspecified atom stereocenters. The van der Waals surface area contributed by atoms with E-state index in [1.54, 1.807) is 0 Å². The van der Waals surface area contributed by atoms with Crippen LogP contribution in [0.3, 0.4) is 0 Å². The molecule has 0 bridgehead atoms. The molecule has 2 rings (SSSR count). The molecule has 1 aliphatic rings. The highest BCUT2D eigenvalue weighted by molar-refractivity contribution is 5.80. The zero-order valence-corrected chi connectivity index (χ0v) is 17.0. The molecule has 0 spiro atoms. The van der Waals surface area contributed by atoms with E-state index >= 15 is 0 Å². The van der Waals surface area contributed by atoms with E-state index in [1.165, 1.54) is 0 Å². The zero-order chi connectivity index (χ0) is 19.9. The maximum absolute atomic E-state index is 12.8. The quantitative estimate of drug-likeness (QED) is 0.619. The highest BCUT2D eigenvalue weighted by atomic mass is 16.7. The van der Waals surface area contributed by atoms with Crippen LogP contribution in [0.25, 0.3) is 0 Å². The van der Waals surface area contributed by atoms with Gasteiger partial charge in [0.05, 0.1) is 17.4 Å². The first kappa shape index (κ1) is 21.4. The zero-order valence-electron chi connectivity index (χ0n) is 17.0. The maximum atomic E-state index is 12.8. The molecule has 0 N–H and O–H groups in total. The number of hydrogen-bond acceptors (Lipinski definition) is 5. The number of carbonyl (C=O) groups is 2. The van der Waals surface area contributed by atoms with Gasteiger partial charge in [-0.05, 0) is 52.0 Å². The lowest BCUT2D eigenvalue weighted by molar-refractivity contribution is -0.198. The Kier molecular flexibility index (Phi) is 7.42. The molecule has 1 saturated heterocycles. The van der Waals surface area contributed by atoms with Crippen LogP contribution in [0.5, 0.6) is 0 Å². The number of esters is 2. The van der Waals surface area contributed by atoms with Crippen LogP contribution in [-0.4, -0.2) is 24.8 Å². The van der Waals surface area contributed by atoms with Crippen molar-refractivity contribution < 1.29 is 23.8 Å². The van der Waals surface area contributed by atoms with Crippen LogP contribution in [-0.2, 0) is 30.4 Å². The fraction of sp³-hybridized carbons (Fsp3) is 0.636. The lowest BCUT2D eigenvalue weighted by atomic mass is 9.72. The Morgan fingerprint density at radius 3 is 2.41 bits per heavy atom. The summed E-state index contributed by atoms with van der Waals surface area (Å²) in [5, 5.41) is 0. The van der Waals surface area contributed by atoms with Gasteiger partial charge in [-0.25, -0.2) is 0 Å². The summed E-state index contributed by atoms with van der Waals surface area (Å²) in [4.78, 5) is 25.4. The van der Waals surface area contributed by atoms with Gasteiger partial charge in [0.1, 0.15) is 6.61 Å². The van der Waals surface area contributed by atoms with Gasteiger partial charge in [0.15, 0.2) is 0 Å². The molecule has 1 aromatic carbocycles. The minimum atomic E-state index is -0.808. The van der Waals surface area contributed by atoms with Crippen molar-refractivity contribution in [3.63, 3.8) is 0 Å². The van der Waals surface area contributed by atoms with Crippen molar-refractivity contribution in [2.75, 3.05) is 6.61 Å². The van der Waals surface area contributed by atoms with Crippen molar-refractivity contribution in [1.29, 1.82) is 0 Å². The monoisotopic (exact) mass is 376 g/mol. The van der Waals surface area contributed by atoms with Crippen LogP contribution in [0, 0.1) is 10.8 Å². The molecule has 5 nitrogen and oxygen atoms in total. The van der Waals surface area contributed by atoms with E-state index in [2.05, 4.69) is 0 Å². The summed E-state index contributed by atoms with van der Waals surface area (Å²) in [5.41, 5.74) is -0.625. The fourth-order valence-electron chi connectivity index (χ4n) is 3.37. The summed E-state index contributed by atoms with van der Waals surface area (Å²) in [6, 6.07) is 9.58. The number of ether oxygens (including phenoxy) is 3. The minimum Gasteiger partial charge on any atom is -0.460 e. The van der Waals surface area contributed by atoms with Gasteiger partial charge in [-0.1, -0.05) is 37.3 Å². The summed E-state index contributed by atoms with van der Waals surface area (Å²) in [5.74, 6) is -0.617. The number of hydrogen-bond donors (Lipinski definition) is 0. The first-order chi connectivity index (χ1) is 12.8. The van der Waals surface area contributed by atoms with E-state index in [9.17, 15) is 9.59 Å². The molecule has 1 fully saturated rings. The first-order valence-corrected chi connectivity index (χ1v) is 9.81. The highest BCUT2D eigenvalue weighted by Crippen LogP contribution is 2.39. The molecule has 0 saturated carbocycles. The predicted molar refractivity (Wildman–Crippen MR) is 103 cm³/mol. The molecule has 5 heteroatoms.